The van der Waals surface area contributed by atoms with Crippen LogP contribution in [0.25, 0.3) is 0 Å². The summed E-state index contributed by atoms with van der Waals surface area (Å²) >= 11 is 0. The SMILES string of the molecule is N#Cc1cccc(N2CC[C@@]3(CCCN(C4CCCC4)C3=O)C2)n1. The molecule has 1 atom stereocenters. The smallest absolute Gasteiger partial charge is 0.230 e. The Hall–Kier alpha value is -2.09. The number of likely N-dealkylation sites (tertiary alicyclic amines) is 1. The van der Waals surface area contributed by atoms with E-state index in [1.807, 2.05) is 12.1 Å². The highest BCUT2D eigenvalue weighted by Crippen LogP contribution is 2.43. The quantitative estimate of drug-likeness (QED) is 0.839. The number of rotatable bonds is 2. The molecule has 1 spiro atoms. The Morgan fingerprint density at radius 2 is 2.00 bits per heavy atom. The lowest BCUT2D eigenvalue weighted by molar-refractivity contribution is -0.147. The van der Waals surface area contributed by atoms with E-state index in [4.69, 9.17) is 5.26 Å². The summed E-state index contributed by atoms with van der Waals surface area (Å²) in [4.78, 5) is 22.1. The molecule has 1 aliphatic carbocycles. The number of nitriles is 1. The lowest BCUT2D eigenvalue weighted by Crippen LogP contribution is -2.53. The molecule has 0 aromatic carbocycles. The Labute approximate surface area is 143 Å². The number of piperidine rings is 1. The molecule has 0 N–H and O–H groups in total. The Morgan fingerprint density at radius 1 is 1.17 bits per heavy atom. The van der Waals surface area contributed by atoms with Crippen LogP contribution in [0, 0.1) is 16.7 Å². The molecule has 1 saturated carbocycles. The Balaban J connectivity index is 1.53. The minimum Gasteiger partial charge on any atom is -0.355 e. The van der Waals surface area contributed by atoms with Crippen LogP contribution in [0.15, 0.2) is 18.2 Å². The van der Waals surface area contributed by atoms with Gasteiger partial charge in [-0.1, -0.05) is 18.9 Å². The van der Waals surface area contributed by atoms with Gasteiger partial charge in [-0.05, 0) is 44.2 Å². The van der Waals surface area contributed by atoms with Crippen molar-refractivity contribution in [2.75, 3.05) is 24.5 Å². The van der Waals surface area contributed by atoms with Gasteiger partial charge in [0, 0.05) is 25.7 Å². The van der Waals surface area contributed by atoms with E-state index in [0.29, 0.717) is 17.6 Å². The van der Waals surface area contributed by atoms with Gasteiger partial charge in [-0.15, -0.1) is 0 Å². The normalized spacial score (nSPS) is 27.9. The van der Waals surface area contributed by atoms with Gasteiger partial charge in [0.1, 0.15) is 17.6 Å². The summed E-state index contributed by atoms with van der Waals surface area (Å²) in [5, 5.41) is 9.05. The monoisotopic (exact) mass is 324 g/mol. The highest BCUT2D eigenvalue weighted by molar-refractivity contribution is 5.85. The van der Waals surface area contributed by atoms with Gasteiger partial charge in [0.15, 0.2) is 0 Å². The summed E-state index contributed by atoms with van der Waals surface area (Å²) in [6, 6.07) is 8.12. The molecule has 3 aliphatic rings. The molecule has 1 amide bonds. The van der Waals surface area contributed by atoms with Crippen molar-refractivity contribution in [2.45, 2.75) is 51.0 Å². The van der Waals surface area contributed by atoms with E-state index in [1.54, 1.807) is 6.07 Å². The zero-order valence-electron chi connectivity index (χ0n) is 14.1. The van der Waals surface area contributed by atoms with Crippen LogP contribution < -0.4 is 4.90 Å². The summed E-state index contributed by atoms with van der Waals surface area (Å²) in [6.45, 7) is 2.54. The first-order valence-electron chi connectivity index (χ1n) is 9.15. The van der Waals surface area contributed by atoms with Crippen LogP contribution in [0.5, 0.6) is 0 Å². The van der Waals surface area contributed by atoms with Crippen LogP contribution in [0.1, 0.15) is 50.6 Å². The summed E-state index contributed by atoms with van der Waals surface area (Å²) < 4.78 is 0. The molecule has 1 aromatic heterocycles. The van der Waals surface area contributed by atoms with Gasteiger partial charge < -0.3 is 9.80 Å². The minimum absolute atomic E-state index is 0.231. The molecule has 0 unspecified atom stereocenters. The predicted molar refractivity (Wildman–Crippen MR) is 91.4 cm³/mol. The number of nitrogens with zero attached hydrogens (tertiary/aromatic N) is 4. The summed E-state index contributed by atoms with van der Waals surface area (Å²) in [5.74, 6) is 1.20. The number of hydrogen-bond acceptors (Lipinski definition) is 4. The van der Waals surface area contributed by atoms with Crippen molar-refractivity contribution >= 4 is 11.7 Å². The lowest BCUT2D eigenvalue weighted by Gasteiger charge is -2.42. The highest BCUT2D eigenvalue weighted by Gasteiger charge is 2.50. The third-order valence-electron chi connectivity index (χ3n) is 6.06. The van der Waals surface area contributed by atoms with E-state index in [1.165, 1.54) is 25.7 Å². The van der Waals surface area contributed by atoms with Gasteiger partial charge in [-0.3, -0.25) is 4.79 Å². The number of hydrogen-bond donors (Lipinski definition) is 0. The minimum atomic E-state index is -0.231. The van der Waals surface area contributed by atoms with E-state index < -0.39 is 0 Å². The molecule has 5 nitrogen and oxygen atoms in total. The van der Waals surface area contributed by atoms with Crippen molar-refractivity contribution in [1.29, 1.82) is 5.26 Å². The van der Waals surface area contributed by atoms with Gasteiger partial charge in [0.25, 0.3) is 0 Å². The fourth-order valence-electron chi connectivity index (χ4n) is 4.77. The maximum atomic E-state index is 13.3. The average molecular weight is 324 g/mol. The van der Waals surface area contributed by atoms with Crippen molar-refractivity contribution in [3.63, 3.8) is 0 Å². The molecule has 2 aliphatic heterocycles. The van der Waals surface area contributed by atoms with E-state index in [0.717, 1.165) is 44.7 Å². The van der Waals surface area contributed by atoms with Crippen LogP contribution in [0.2, 0.25) is 0 Å². The van der Waals surface area contributed by atoms with E-state index in [2.05, 4.69) is 20.9 Å². The highest BCUT2D eigenvalue weighted by atomic mass is 16.2. The average Bonchev–Trinajstić information content (AvgIpc) is 3.28. The van der Waals surface area contributed by atoms with Crippen LogP contribution in [-0.4, -0.2) is 41.5 Å². The van der Waals surface area contributed by atoms with Gasteiger partial charge in [0.2, 0.25) is 5.91 Å². The standard InChI is InChI=1S/C19H24N4O/c20-13-15-5-3-8-17(21-15)22-12-10-19(14-22)9-4-11-23(18(19)24)16-6-1-2-7-16/h3,5,8,16H,1-2,4,6-7,9-12,14H2/t19-/m0/s1. The summed E-state index contributed by atoms with van der Waals surface area (Å²) in [5.41, 5.74) is 0.210. The van der Waals surface area contributed by atoms with Crippen molar-refractivity contribution in [2.24, 2.45) is 5.41 Å². The number of anilines is 1. The fraction of sp³-hybridized carbons (Fsp3) is 0.632. The first-order valence-corrected chi connectivity index (χ1v) is 9.15. The zero-order chi connectivity index (χ0) is 16.6. The Bertz CT molecular complexity index is 676. The van der Waals surface area contributed by atoms with E-state index >= 15 is 0 Å². The number of carbonyl (C=O) groups excluding carboxylic acids is 1. The molecule has 5 heteroatoms. The molecule has 2 saturated heterocycles. The van der Waals surface area contributed by atoms with Gasteiger partial charge in [-0.25, -0.2) is 4.98 Å². The summed E-state index contributed by atoms with van der Waals surface area (Å²) in [7, 11) is 0. The largest absolute Gasteiger partial charge is 0.355 e. The molecule has 1 aromatic rings. The number of amides is 1. The maximum Gasteiger partial charge on any atom is 0.230 e. The number of aromatic nitrogens is 1. The van der Waals surface area contributed by atoms with Crippen LogP contribution in [0.3, 0.4) is 0 Å². The zero-order valence-corrected chi connectivity index (χ0v) is 14.1. The molecule has 4 rings (SSSR count). The topological polar surface area (TPSA) is 60.2 Å². The van der Waals surface area contributed by atoms with E-state index in [-0.39, 0.29) is 5.41 Å². The predicted octanol–water partition coefficient (Wildman–Crippen LogP) is 2.71. The van der Waals surface area contributed by atoms with Crippen molar-refractivity contribution in [1.82, 2.24) is 9.88 Å². The molecule has 3 fully saturated rings. The molecule has 24 heavy (non-hydrogen) atoms. The summed E-state index contributed by atoms with van der Waals surface area (Å²) in [6.07, 6.45) is 7.89. The molecule has 0 bridgehead atoms. The van der Waals surface area contributed by atoms with Crippen molar-refractivity contribution in [3.8, 4) is 6.07 Å². The Morgan fingerprint density at radius 3 is 2.79 bits per heavy atom. The maximum absolute atomic E-state index is 13.3. The second-order valence-electron chi connectivity index (χ2n) is 7.49. The van der Waals surface area contributed by atoms with Gasteiger partial charge >= 0.3 is 0 Å². The van der Waals surface area contributed by atoms with Crippen LogP contribution >= 0.6 is 0 Å². The van der Waals surface area contributed by atoms with Crippen LogP contribution in [-0.2, 0) is 4.79 Å². The second kappa shape index (κ2) is 6.08. The van der Waals surface area contributed by atoms with Crippen LogP contribution in [0.4, 0.5) is 5.82 Å². The Kier molecular flexibility index (Phi) is 3.91. The molecular weight excluding hydrogens is 300 g/mol. The van der Waals surface area contributed by atoms with Crippen molar-refractivity contribution in [3.05, 3.63) is 23.9 Å². The molecule has 3 heterocycles. The van der Waals surface area contributed by atoms with Gasteiger partial charge in [-0.2, -0.15) is 5.26 Å². The number of pyridine rings is 1. The molecule has 0 radical (unpaired) electrons. The number of carbonyl (C=O) groups is 1. The fourth-order valence-corrected chi connectivity index (χ4v) is 4.77. The molecule has 126 valence electrons. The third kappa shape index (κ3) is 2.54. The first-order chi connectivity index (χ1) is 11.7. The van der Waals surface area contributed by atoms with E-state index in [9.17, 15) is 4.79 Å². The van der Waals surface area contributed by atoms with Crippen molar-refractivity contribution < 1.29 is 4.79 Å². The third-order valence-corrected chi connectivity index (χ3v) is 6.06. The molecular formula is C19H24N4O. The van der Waals surface area contributed by atoms with Gasteiger partial charge in [0.05, 0.1) is 5.41 Å². The first kappa shape index (κ1) is 15.4. The second-order valence-corrected chi connectivity index (χ2v) is 7.49. The lowest BCUT2D eigenvalue weighted by atomic mass is 9.77.